The maximum Gasteiger partial charge on any atom is 0.256 e. The van der Waals surface area contributed by atoms with Crippen LogP contribution in [0.15, 0.2) is 60.8 Å². The minimum Gasteiger partial charge on any atom is -0.350 e. The van der Waals surface area contributed by atoms with Crippen LogP contribution in [0.3, 0.4) is 0 Å². The van der Waals surface area contributed by atoms with E-state index in [1.165, 1.54) is 5.56 Å². The highest BCUT2D eigenvalue weighted by Crippen LogP contribution is 2.29. The first-order chi connectivity index (χ1) is 11.7. The van der Waals surface area contributed by atoms with Gasteiger partial charge in [0.05, 0.1) is 5.56 Å². The lowest BCUT2D eigenvalue weighted by Gasteiger charge is -2.32. The third-order valence-corrected chi connectivity index (χ3v) is 5.18. The molecule has 3 nitrogen and oxygen atoms in total. The van der Waals surface area contributed by atoms with Crippen LogP contribution >= 0.6 is 0 Å². The van der Waals surface area contributed by atoms with Gasteiger partial charge in [-0.15, -0.1) is 0 Å². The van der Waals surface area contributed by atoms with Crippen LogP contribution in [0.5, 0.6) is 0 Å². The number of nitrogens with zero attached hydrogens (tertiary/aromatic N) is 2. The fourth-order valence-electron chi connectivity index (χ4n) is 3.82. The molecule has 4 rings (SSSR count). The molecule has 0 spiro atoms. The predicted molar refractivity (Wildman–Crippen MR) is 97.2 cm³/mol. The molecule has 2 heterocycles. The van der Waals surface area contributed by atoms with Gasteiger partial charge in [-0.2, -0.15) is 0 Å². The standard InChI is InChI=1S/C21H22N2O/c1-22-15-19(18-9-5-6-10-20(18)22)21(24)23-13-11-17(12-14-23)16-7-3-2-4-8-16/h2-10,15,17H,11-14H2,1H3. The Hall–Kier alpha value is -2.55. The van der Waals surface area contributed by atoms with Crippen molar-refractivity contribution in [1.82, 2.24) is 9.47 Å². The van der Waals surface area contributed by atoms with Gasteiger partial charge < -0.3 is 9.47 Å². The fraction of sp³-hybridized carbons (Fsp3) is 0.286. The van der Waals surface area contributed by atoms with Crippen molar-refractivity contribution >= 4 is 16.8 Å². The summed E-state index contributed by atoms with van der Waals surface area (Å²) in [6, 6.07) is 18.8. The van der Waals surface area contributed by atoms with E-state index in [1.54, 1.807) is 0 Å². The molecule has 24 heavy (non-hydrogen) atoms. The van der Waals surface area contributed by atoms with Crippen molar-refractivity contribution in [1.29, 1.82) is 0 Å². The topological polar surface area (TPSA) is 25.2 Å². The van der Waals surface area contributed by atoms with Crippen LogP contribution in [-0.2, 0) is 7.05 Å². The second-order valence-electron chi connectivity index (χ2n) is 6.65. The SMILES string of the molecule is Cn1cc(C(=O)N2CCC(c3ccccc3)CC2)c2ccccc21. The first-order valence-electron chi connectivity index (χ1n) is 8.62. The van der Waals surface area contributed by atoms with Gasteiger partial charge >= 0.3 is 0 Å². The average molecular weight is 318 g/mol. The molecule has 0 radical (unpaired) electrons. The molecule has 1 saturated heterocycles. The zero-order valence-corrected chi connectivity index (χ0v) is 14.0. The molecule has 0 N–H and O–H groups in total. The molecular weight excluding hydrogens is 296 g/mol. The Bertz CT molecular complexity index is 858. The number of piperidine rings is 1. The Morgan fingerprint density at radius 3 is 2.38 bits per heavy atom. The molecule has 3 aromatic rings. The highest BCUT2D eigenvalue weighted by molar-refractivity contribution is 6.07. The lowest BCUT2D eigenvalue weighted by molar-refractivity contribution is 0.0715. The number of carbonyl (C=O) groups excluding carboxylic acids is 1. The quantitative estimate of drug-likeness (QED) is 0.695. The van der Waals surface area contributed by atoms with Gasteiger partial charge in [-0.25, -0.2) is 0 Å². The number of aryl methyl sites for hydroxylation is 1. The Kier molecular flexibility index (Phi) is 3.85. The summed E-state index contributed by atoms with van der Waals surface area (Å²) < 4.78 is 2.04. The molecule has 1 aliphatic heterocycles. The summed E-state index contributed by atoms with van der Waals surface area (Å²) >= 11 is 0. The maximum atomic E-state index is 13.0. The number of hydrogen-bond acceptors (Lipinski definition) is 1. The lowest BCUT2D eigenvalue weighted by atomic mass is 9.89. The number of aromatic nitrogens is 1. The van der Waals surface area contributed by atoms with E-state index in [0.717, 1.165) is 42.4 Å². The van der Waals surface area contributed by atoms with Gasteiger partial charge in [0.15, 0.2) is 0 Å². The highest BCUT2D eigenvalue weighted by atomic mass is 16.2. The van der Waals surface area contributed by atoms with Gasteiger partial charge in [0.25, 0.3) is 5.91 Å². The van der Waals surface area contributed by atoms with E-state index in [2.05, 4.69) is 36.4 Å². The van der Waals surface area contributed by atoms with Crippen LogP contribution in [0.1, 0.15) is 34.7 Å². The number of para-hydroxylation sites is 1. The van der Waals surface area contributed by atoms with Gasteiger partial charge in [0, 0.05) is 37.2 Å². The molecule has 0 unspecified atom stereocenters. The molecule has 3 heteroatoms. The molecule has 122 valence electrons. The summed E-state index contributed by atoms with van der Waals surface area (Å²) in [6.45, 7) is 1.67. The van der Waals surface area contributed by atoms with Crippen LogP contribution < -0.4 is 0 Å². The van der Waals surface area contributed by atoms with Crippen molar-refractivity contribution in [3.05, 3.63) is 71.9 Å². The van der Waals surface area contributed by atoms with E-state index >= 15 is 0 Å². The predicted octanol–water partition coefficient (Wildman–Crippen LogP) is 4.20. The molecule has 1 amide bonds. The molecule has 0 saturated carbocycles. The van der Waals surface area contributed by atoms with E-state index in [0.29, 0.717) is 5.92 Å². The zero-order valence-electron chi connectivity index (χ0n) is 14.0. The van der Waals surface area contributed by atoms with Crippen molar-refractivity contribution in [3.8, 4) is 0 Å². The summed E-state index contributed by atoms with van der Waals surface area (Å²) in [5.41, 5.74) is 3.33. The highest BCUT2D eigenvalue weighted by Gasteiger charge is 2.26. The summed E-state index contributed by atoms with van der Waals surface area (Å²) in [7, 11) is 2.00. The molecule has 0 aliphatic carbocycles. The van der Waals surface area contributed by atoms with Gasteiger partial charge in [-0.05, 0) is 30.4 Å². The Morgan fingerprint density at radius 2 is 1.62 bits per heavy atom. The van der Waals surface area contributed by atoms with E-state index in [4.69, 9.17) is 0 Å². The van der Waals surface area contributed by atoms with Gasteiger partial charge in [-0.1, -0.05) is 48.5 Å². The minimum absolute atomic E-state index is 0.165. The van der Waals surface area contributed by atoms with Gasteiger partial charge in [0.1, 0.15) is 0 Å². The average Bonchev–Trinajstić information content (AvgIpc) is 2.99. The number of benzene rings is 2. The molecule has 0 bridgehead atoms. The normalized spacial score (nSPS) is 15.8. The van der Waals surface area contributed by atoms with Crippen molar-refractivity contribution in [2.24, 2.45) is 7.05 Å². The molecule has 1 aliphatic rings. The fourth-order valence-corrected chi connectivity index (χ4v) is 3.82. The third-order valence-electron chi connectivity index (χ3n) is 5.18. The summed E-state index contributed by atoms with van der Waals surface area (Å²) in [6.07, 6.45) is 4.05. The van der Waals surface area contributed by atoms with E-state index in [-0.39, 0.29) is 5.91 Å². The first kappa shape index (κ1) is 15.0. The third kappa shape index (κ3) is 2.60. The second-order valence-corrected chi connectivity index (χ2v) is 6.65. The number of rotatable bonds is 2. The monoisotopic (exact) mass is 318 g/mol. The molecular formula is C21H22N2O. The van der Waals surface area contributed by atoms with Crippen LogP contribution in [0.25, 0.3) is 10.9 Å². The van der Waals surface area contributed by atoms with Crippen LogP contribution in [0, 0.1) is 0 Å². The number of carbonyl (C=O) groups is 1. The van der Waals surface area contributed by atoms with Gasteiger partial charge in [0.2, 0.25) is 0 Å². The molecule has 2 aromatic carbocycles. The summed E-state index contributed by atoms with van der Waals surface area (Å²) in [5, 5.41) is 1.05. The van der Waals surface area contributed by atoms with Crippen molar-refractivity contribution in [2.45, 2.75) is 18.8 Å². The number of amides is 1. The van der Waals surface area contributed by atoms with Crippen molar-refractivity contribution < 1.29 is 4.79 Å². The molecule has 1 aromatic heterocycles. The lowest BCUT2D eigenvalue weighted by Crippen LogP contribution is -2.37. The Morgan fingerprint density at radius 1 is 0.958 bits per heavy atom. The Balaban J connectivity index is 1.52. The number of likely N-dealkylation sites (tertiary alicyclic amines) is 1. The second kappa shape index (κ2) is 6.16. The van der Waals surface area contributed by atoms with Crippen molar-refractivity contribution in [3.63, 3.8) is 0 Å². The first-order valence-corrected chi connectivity index (χ1v) is 8.62. The maximum absolute atomic E-state index is 13.0. The largest absolute Gasteiger partial charge is 0.350 e. The smallest absolute Gasteiger partial charge is 0.256 e. The zero-order chi connectivity index (χ0) is 16.5. The van der Waals surface area contributed by atoms with E-state index in [9.17, 15) is 4.79 Å². The van der Waals surface area contributed by atoms with Crippen LogP contribution in [0.2, 0.25) is 0 Å². The minimum atomic E-state index is 0.165. The van der Waals surface area contributed by atoms with Crippen molar-refractivity contribution in [2.75, 3.05) is 13.1 Å². The van der Waals surface area contributed by atoms with Crippen LogP contribution in [-0.4, -0.2) is 28.5 Å². The number of fused-ring (bicyclic) bond motifs is 1. The van der Waals surface area contributed by atoms with Gasteiger partial charge in [-0.3, -0.25) is 4.79 Å². The Labute approximate surface area is 142 Å². The van der Waals surface area contributed by atoms with Crippen LogP contribution in [0.4, 0.5) is 0 Å². The number of hydrogen-bond donors (Lipinski definition) is 0. The summed E-state index contributed by atoms with van der Waals surface area (Å²) in [5.74, 6) is 0.737. The van der Waals surface area contributed by atoms with E-state index < -0.39 is 0 Å². The molecule has 0 atom stereocenters. The van der Waals surface area contributed by atoms with E-state index in [1.807, 2.05) is 40.9 Å². The summed E-state index contributed by atoms with van der Waals surface area (Å²) in [4.78, 5) is 15.0. The molecule has 1 fully saturated rings.